The Morgan fingerprint density at radius 2 is 2.03 bits per heavy atom. The predicted molar refractivity (Wildman–Crippen MR) is 126 cm³/mol. The minimum atomic E-state index is -0.139. The first-order chi connectivity index (χ1) is 16.0. The number of benzene rings is 2. The number of ether oxygens (including phenoxy) is 1. The van der Waals surface area contributed by atoms with Crippen molar-refractivity contribution in [2.75, 3.05) is 19.7 Å². The first kappa shape index (κ1) is 23.0. The van der Waals surface area contributed by atoms with E-state index in [9.17, 15) is 9.90 Å². The maximum atomic E-state index is 11.5. The van der Waals surface area contributed by atoms with Gasteiger partial charge in [0.15, 0.2) is 0 Å². The Hall–Kier alpha value is -3.19. The molecule has 7 heteroatoms. The maximum Gasteiger partial charge on any atom is 0.258 e. The maximum absolute atomic E-state index is 11.5. The first-order valence-corrected chi connectivity index (χ1v) is 11.5. The van der Waals surface area contributed by atoms with Gasteiger partial charge in [-0.05, 0) is 68.5 Å². The Labute approximate surface area is 194 Å². The molecule has 0 radical (unpaired) electrons. The largest absolute Gasteiger partial charge is 0.491 e. The summed E-state index contributed by atoms with van der Waals surface area (Å²) in [6, 6.07) is 13.8. The normalized spacial score (nSPS) is 17.2. The second-order valence-corrected chi connectivity index (χ2v) is 8.88. The highest BCUT2D eigenvalue weighted by Gasteiger charge is 2.40. The third-order valence-corrected chi connectivity index (χ3v) is 6.46. The molecular weight excluding hydrogens is 418 g/mol. The number of carbonyl (C=O) groups is 1. The predicted octanol–water partition coefficient (Wildman–Crippen LogP) is 4.24. The van der Waals surface area contributed by atoms with Gasteiger partial charge in [-0.3, -0.25) is 4.79 Å². The van der Waals surface area contributed by atoms with Crippen molar-refractivity contribution < 1.29 is 19.2 Å². The molecule has 1 atom stereocenters. The van der Waals surface area contributed by atoms with Crippen LogP contribution in [0.1, 0.15) is 44.7 Å². The Morgan fingerprint density at radius 3 is 2.70 bits per heavy atom. The zero-order chi connectivity index (χ0) is 23.4. The van der Waals surface area contributed by atoms with Crippen LogP contribution >= 0.6 is 0 Å². The number of aromatic nitrogens is 2. The quantitative estimate of drug-likeness (QED) is 0.466. The Kier molecular flexibility index (Phi) is 6.79. The van der Waals surface area contributed by atoms with E-state index in [1.165, 1.54) is 11.1 Å². The van der Waals surface area contributed by atoms with Gasteiger partial charge in [-0.2, -0.15) is 4.98 Å². The fourth-order valence-corrected chi connectivity index (χ4v) is 4.79. The van der Waals surface area contributed by atoms with E-state index < -0.39 is 0 Å². The molecule has 0 aliphatic heterocycles. The first-order valence-electron chi connectivity index (χ1n) is 11.5. The standard InChI is InChI=1S/C26H31N3O4/c1-4-26(16-29(17-31)14-15-30)13-12-21-22(6-5-7-23(21)26)24-27-25(33-28-24)19-8-10-20(11-9-19)32-18(2)3/h5-11,17-18,30H,4,12-16H2,1-3H3. The van der Waals surface area contributed by atoms with Crippen LogP contribution in [0.2, 0.25) is 0 Å². The zero-order valence-corrected chi connectivity index (χ0v) is 19.5. The molecule has 1 aliphatic rings. The van der Waals surface area contributed by atoms with Gasteiger partial charge in [0, 0.05) is 29.6 Å². The summed E-state index contributed by atoms with van der Waals surface area (Å²) in [7, 11) is 0. The van der Waals surface area contributed by atoms with Gasteiger partial charge in [0.25, 0.3) is 5.89 Å². The number of rotatable bonds is 10. The highest BCUT2D eigenvalue weighted by atomic mass is 16.5. The van der Waals surface area contributed by atoms with E-state index in [-0.39, 0.29) is 18.1 Å². The minimum absolute atomic E-state index is 0.0400. The highest BCUT2D eigenvalue weighted by molar-refractivity contribution is 5.67. The van der Waals surface area contributed by atoms with Crippen LogP contribution < -0.4 is 4.74 Å². The number of hydrogen-bond acceptors (Lipinski definition) is 6. The van der Waals surface area contributed by atoms with Crippen molar-refractivity contribution in [1.82, 2.24) is 15.0 Å². The van der Waals surface area contributed by atoms with Gasteiger partial charge in [0.2, 0.25) is 12.2 Å². The van der Waals surface area contributed by atoms with E-state index in [1.807, 2.05) is 50.2 Å². The topological polar surface area (TPSA) is 88.7 Å². The average Bonchev–Trinajstić information content (AvgIpc) is 3.45. The Balaban J connectivity index is 1.62. The molecule has 0 saturated carbocycles. The molecule has 0 spiro atoms. The second kappa shape index (κ2) is 9.75. The number of aliphatic hydroxyl groups excluding tert-OH is 1. The van der Waals surface area contributed by atoms with Crippen molar-refractivity contribution in [2.45, 2.75) is 51.6 Å². The average molecular weight is 450 g/mol. The van der Waals surface area contributed by atoms with Crippen LogP contribution in [-0.2, 0) is 16.6 Å². The van der Waals surface area contributed by atoms with Gasteiger partial charge in [0.1, 0.15) is 5.75 Å². The fraction of sp³-hybridized carbons (Fsp3) is 0.423. The van der Waals surface area contributed by atoms with Crippen molar-refractivity contribution in [3.8, 4) is 28.6 Å². The number of hydrogen-bond donors (Lipinski definition) is 1. The summed E-state index contributed by atoms with van der Waals surface area (Å²) in [5.41, 5.74) is 4.11. The lowest BCUT2D eigenvalue weighted by atomic mass is 9.78. The van der Waals surface area contributed by atoms with Gasteiger partial charge in [-0.25, -0.2) is 0 Å². The Bertz CT molecular complexity index is 1090. The minimum Gasteiger partial charge on any atom is -0.491 e. The van der Waals surface area contributed by atoms with Crippen LogP contribution in [0.3, 0.4) is 0 Å². The summed E-state index contributed by atoms with van der Waals surface area (Å²) in [6.45, 7) is 7.03. The van der Waals surface area contributed by atoms with E-state index in [2.05, 4.69) is 23.1 Å². The summed E-state index contributed by atoms with van der Waals surface area (Å²) in [6.07, 6.45) is 3.67. The molecule has 33 heavy (non-hydrogen) atoms. The van der Waals surface area contributed by atoms with Crippen LogP contribution in [-0.4, -0.2) is 52.4 Å². The molecule has 1 N–H and O–H groups in total. The van der Waals surface area contributed by atoms with Gasteiger partial charge >= 0.3 is 0 Å². The lowest BCUT2D eigenvalue weighted by Gasteiger charge is -2.34. The Morgan fingerprint density at radius 1 is 1.24 bits per heavy atom. The van der Waals surface area contributed by atoms with E-state index in [4.69, 9.17) is 9.26 Å². The highest BCUT2D eigenvalue weighted by Crippen LogP contribution is 2.45. The van der Waals surface area contributed by atoms with Crippen LogP contribution in [0, 0.1) is 0 Å². The van der Waals surface area contributed by atoms with Crippen LogP contribution in [0.5, 0.6) is 5.75 Å². The zero-order valence-electron chi connectivity index (χ0n) is 19.5. The van der Waals surface area contributed by atoms with Gasteiger partial charge < -0.3 is 19.3 Å². The van der Waals surface area contributed by atoms with E-state index in [1.54, 1.807) is 4.90 Å². The van der Waals surface area contributed by atoms with Crippen molar-refractivity contribution in [1.29, 1.82) is 0 Å². The molecule has 1 heterocycles. The summed E-state index contributed by atoms with van der Waals surface area (Å²) >= 11 is 0. The van der Waals surface area contributed by atoms with Crippen molar-refractivity contribution in [3.63, 3.8) is 0 Å². The number of amides is 1. The third-order valence-electron chi connectivity index (χ3n) is 6.46. The van der Waals surface area contributed by atoms with Gasteiger partial charge in [-0.1, -0.05) is 30.3 Å². The number of fused-ring (bicyclic) bond motifs is 1. The molecule has 1 aliphatic carbocycles. The van der Waals surface area contributed by atoms with E-state index in [0.717, 1.165) is 42.5 Å². The molecule has 0 fully saturated rings. The molecular formula is C26H31N3O4. The molecule has 1 aromatic heterocycles. The number of aliphatic hydroxyl groups is 1. The lowest BCUT2D eigenvalue weighted by Crippen LogP contribution is -2.40. The molecule has 0 bridgehead atoms. The molecule has 3 aromatic rings. The summed E-state index contributed by atoms with van der Waals surface area (Å²) in [5.74, 6) is 1.84. The van der Waals surface area contributed by atoms with Crippen LogP contribution in [0.25, 0.3) is 22.8 Å². The SMILES string of the molecule is CCC1(CN(C=O)CCO)CCc2c(-c3noc(-c4ccc(OC(C)C)cc4)n3)cccc21. The van der Waals surface area contributed by atoms with E-state index >= 15 is 0 Å². The lowest BCUT2D eigenvalue weighted by molar-refractivity contribution is -0.119. The van der Waals surface area contributed by atoms with Crippen LogP contribution in [0.15, 0.2) is 47.0 Å². The molecule has 174 valence electrons. The fourth-order valence-electron chi connectivity index (χ4n) is 4.79. The second-order valence-electron chi connectivity index (χ2n) is 8.88. The monoisotopic (exact) mass is 449 g/mol. The van der Waals surface area contributed by atoms with Gasteiger partial charge in [-0.15, -0.1) is 0 Å². The summed E-state index contributed by atoms with van der Waals surface area (Å²) < 4.78 is 11.3. The van der Waals surface area contributed by atoms with Gasteiger partial charge in [0.05, 0.1) is 12.7 Å². The van der Waals surface area contributed by atoms with E-state index in [0.29, 0.717) is 24.8 Å². The molecule has 2 aromatic carbocycles. The van der Waals surface area contributed by atoms with Crippen LogP contribution in [0.4, 0.5) is 0 Å². The summed E-state index contributed by atoms with van der Waals surface area (Å²) in [5, 5.41) is 13.6. The third kappa shape index (κ3) is 4.64. The summed E-state index contributed by atoms with van der Waals surface area (Å²) in [4.78, 5) is 17.9. The smallest absolute Gasteiger partial charge is 0.258 e. The molecule has 7 nitrogen and oxygen atoms in total. The molecule has 4 rings (SSSR count). The number of nitrogens with zero attached hydrogens (tertiary/aromatic N) is 3. The molecule has 1 amide bonds. The number of carbonyl (C=O) groups excluding carboxylic acids is 1. The molecule has 1 unspecified atom stereocenters. The van der Waals surface area contributed by atoms with Crippen molar-refractivity contribution in [3.05, 3.63) is 53.6 Å². The van der Waals surface area contributed by atoms with Crippen molar-refractivity contribution in [2.24, 2.45) is 0 Å². The van der Waals surface area contributed by atoms with Crippen molar-refractivity contribution >= 4 is 6.41 Å². The molecule has 0 saturated heterocycles.